The molecule has 9 heteroatoms. The molecule has 2 atom stereocenters. The number of aliphatic hydroxyl groups is 1. The zero-order chi connectivity index (χ0) is 25.3. The van der Waals surface area contributed by atoms with Crippen molar-refractivity contribution in [2.75, 3.05) is 0 Å². The van der Waals surface area contributed by atoms with Gasteiger partial charge >= 0.3 is 0 Å². The highest BCUT2D eigenvalue weighted by Gasteiger charge is 2.29. The molecule has 4 rings (SSSR count). The third-order valence-electron chi connectivity index (χ3n) is 6.05. The SMILES string of the molecule is CC1=CN[C@@H](c2cccc(C(C)(C)O)n2)C[C@H]1n1c(C)cc(OCc2cccc(F)n2)c(Cl)c1=O. The molecule has 0 spiro atoms. The lowest BCUT2D eigenvalue weighted by Gasteiger charge is -2.32. The molecule has 0 radical (unpaired) electrons. The molecule has 3 aromatic heterocycles. The summed E-state index contributed by atoms with van der Waals surface area (Å²) < 4.78 is 20.7. The first-order valence-electron chi connectivity index (χ1n) is 11.3. The summed E-state index contributed by atoms with van der Waals surface area (Å²) in [5.74, 6) is -0.378. The third-order valence-corrected chi connectivity index (χ3v) is 6.40. The van der Waals surface area contributed by atoms with Crippen molar-refractivity contribution in [2.24, 2.45) is 0 Å². The molecule has 0 aliphatic carbocycles. The normalized spacial score (nSPS) is 18.1. The average molecular weight is 499 g/mol. The van der Waals surface area contributed by atoms with Crippen LogP contribution in [0, 0.1) is 12.9 Å². The van der Waals surface area contributed by atoms with Crippen molar-refractivity contribution < 1.29 is 14.2 Å². The van der Waals surface area contributed by atoms with Crippen LogP contribution in [0.15, 0.2) is 59.0 Å². The standard InChI is InChI=1S/C26H28ClFN4O3/c1-15-13-29-19(18-8-6-9-22(31-18)26(3,4)34)12-20(15)32-16(2)11-21(24(27)25(32)33)35-14-17-7-5-10-23(28)30-17/h5-11,13,19-20,29,34H,12,14H2,1-4H3/t19-,20-/m1/s1. The van der Waals surface area contributed by atoms with Gasteiger partial charge in [-0.25, -0.2) is 4.98 Å². The lowest BCUT2D eigenvalue weighted by atomic mass is 9.93. The van der Waals surface area contributed by atoms with Crippen LogP contribution in [0.1, 0.15) is 62.1 Å². The van der Waals surface area contributed by atoms with E-state index < -0.39 is 11.5 Å². The molecular formula is C26H28ClFN4O3. The molecule has 1 aliphatic heterocycles. The first-order chi connectivity index (χ1) is 16.5. The molecule has 7 nitrogen and oxygen atoms in total. The van der Waals surface area contributed by atoms with Gasteiger partial charge in [-0.05, 0) is 70.2 Å². The van der Waals surface area contributed by atoms with Crippen LogP contribution in [0.5, 0.6) is 5.75 Å². The summed E-state index contributed by atoms with van der Waals surface area (Å²) in [5.41, 5.74) is 1.96. The van der Waals surface area contributed by atoms with Crippen LogP contribution in [-0.4, -0.2) is 19.6 Å². The van der Waals surface area contributed by atoms with Crippen molar-refractivity contribution in [3.8, 4) is 5.75 Å². The Balaban J connectivity index is 1.61. The van der Waals surface area contributed by atoms with Gasteiger partial charge in [0.15, 0.2) is 0 Å². The van der Waals surface area contributed by atoms with E-state index >= 15 is 0 Å². The van der Waals surface area contributed by atoms with E-state index in [0.29, 0.717) is 23.5 Å². The van der Waals surface area contributed by atoms with E-state index in [2.05, 4.69) is 15.3 Å². The molecule has 4 heterocycles. The first kappa shape index (κ1) is 24.9. The van der Waals surface area contributed by atoms with Gasteiger partial charge in [-0.1, -0.05) is 23.7 Å². The molecule has 184 valence electrons. The van der Waals surface area contributed by atoms with Crippen LogP contribution in [-0.2, 0) is 12.2 Å². The largest absolute Gasteiger partial charge is 0.485 e. The number of nitrogens with zero attached hydrogens (tertiary/aromatic N) is 3. The van der Waals surface area contributed by atoms with E-state index in [1.165, 1.54) is 6.07 Å². The summed E-state index contributed by atoms with van der Waals surface area (Å²) in [5, 5.41) is 13.7. The van der Waals surface area contributed by atoms with Gasteiger partial charge in [-0.3, -0.25) is 9.78 Å². The lowest BCUT2D eigenvalue weighted by molar-refractivity contribution is 0.0735. The Hall–Kier alpha value is -3.23. The Labute approximate surface area is 208 Å². The van der Waals surface area contributed by atoms with Crippen LogP contribution < -0.4 is 15.6 Å². The second kappa shape index (κ2) is 9.79. The second-order valence-electron chi connectivity index (χ2n) is 9.25. The molecule has 35 heavy (non-hydrogen) atoms. The van der Waals surface area contributed by atoms with Crippen LogP contribution in [0.25, 0.3) is 0 Å². The maximum Gasteiger partial charge on any atom is 0.273 e. The fraction of sp³-hybridized carbons (Fsp3) is 0.346. The van der Waals surface area contributed by atoms with E-state index in [-0.39, 0.29) is 35.0 Å². The number of rotatable bonds is 6. The van der Waals surface area contributed by atoms with Gasteiger partial charge in [-0.2, -0.15) is 4.39 Å². The summed E-state index contributed by atoms with van der Waals surface area (Å²) in [6.45, 7) is 7.15. The highest BCUT2D eigenvalue weighted by molar-refractivity contribution is 6.31. The fourth-order valence-corrected chi connectivity index (χ4v) is 4.38. The first-order valence-corrected chi connectivity index (χ1v) is 11.7. The van der Waals surface area contributed by atoms with Crippen molar-refractivity contribution in [3.05, 3.63) is 98.3 Å². The Morgan fingerprint density at radius 3 is 2.69 bits per heavy atom. The van der Waals surface area contributed by atoms with E-state index in [1.807, 2.05) is 32.2 Å². The van der Waals surface area contributed by atoms with Gasteiger partial charge in [0.25, 0.3) is 5.56 Å². The monoisotopic (exact) mass is 498 g/mol. The maximum absolute atomic E-state index is 13.4. The number of ether oxygens (including phenoxy) is 1. The smallest absolute Gasteiger partial charge is 0.273 e. The van der Waals surface area contributed by atoms with Gasteiger partial charge in [-0.15, -0.1) is 0 Å². The lowest BCUT2D eigenvalue weighted by Crippen LogP contribution is -2.34. The minimum absolute atomic E-state index is 0.0159. The van der Waals surface area contributed by atoms with E-state index in [1.54, 1.807) is 42.7 Å². The van der Waals surface area contributed by atoms with Crippen molar-refractivity contribution in [1.82, 2.24) is 19.9 Å². The summed E-state index contributed by atoms with van der Waals surface area (Å²) in [7, 11) is 0. The van der Waals surface area contributed by atoms with Gasteiger partial charge in [0.1, 0.15) is 23.0 Å². The Morgan fingerprint density at radius 2 is 1.97 bits per heavy atom. The predicted molar refractivity (Wildman–Crippen MR) is 132 cm³/mol. The van der Waals surface area contributed by atoms with Crippen molar-refractivity contribution >= 4 is 11.6 Å². The Morgan fingerprint density at radius 1 is 1.23 bits per heavy atom. The molecule has 3 aromatic rings. The molecule has 0 saturated carbocycles. The number of hydrogen-bond donors (Lipinski definition) is 2. The number of aryl methyl sites for hydroxylation is 1. The molecular weight excluding hydrogens is 471 g/mol. The minimum Gasteiger partial charge on any atom is -0.485 e. The predicted octanol–water partition coefficient (Wildman–Crippen LogP) is 4.73. The van der Waals surface area contributed by atoms with E-state index in [0.717, 1.165) is 11.3 Å². The van der Waals surface area contributed by atoms with Gasteiger partial charge in [0.05, 0.1) is 29.2 Å². The summed E-state index contributed by atoms with van der Waals surface area (Å²) >= 11 is 6.43. The second-order valence-corrected chi connectivity index (χ2v) is 9.62. The zero-order valence-corrected chi connectivity index (χ0v) is 20.8. The number of allylic oxidation sites excluding steroid dienone is 1. The fourth-order valence-electron chi connectivity index (χ4n) is 4.18. The Kier molecular flexibility index (Phi) is 6.96. The summed E-state index contributed by atoms with van der Waals surface area (Å²) in [6, 6.07) is 11.3. The van der Waals surface area contributed by atoms with E-state index in [9.17, 15) is 14.3 Å². The van der Waals surface area contributed by atoms with Gasteiger partial charge < -0.3 is 19.7 Å². The average Bonchev–Trinajstić information content (AvgIpc) is 2.81. The van der Waals surface area contributed by atoms with Crippen LogP contribution in [0.2, 0.25) is 5.02 Å². The van der Waals surface area contributed by atoms with Crippen molar-refractivity contribution in [1.29, 1.82) is 0 Å². The molecule has 2 N–H and O–H groups in total. The van der Waals surface area contributed by atoms with Gasteiger partial charge in [0, 0.05) is 11.8 Å². The zero-order valence-electron chi connectivity index (χ0n) is 20.0. The number of pyridine rings is 3. The number of hydrogen-bond acceptors (Lipinski definition) is 6. The molecule has 0 saturated heterocycles. The number of nitrogens with one attached hydrogen (secondary N) is 1. The maximum atomic E-state index is 13.4. The van der Waals surface area contributed by atoms with E-state index in [4.69, 9.17) is 16.3 Å². The number of aromatic nitrogens is 3. The summed E-state index contributed by atoms with van der Waals surface area (Å²) in [4.78, 5) is 21.7. The highest BCUT2D eigenvalue weighted by Crippen LogP contribution is 2.35. The van der Waals surface area contributed by atoms with Crippen molar-refractivity contribution in [2.45, 2.75) is 58.4 Å². The molecule has 1 aliphatic rings. The van der Waals surface area contributed by atoms with Crippen LogP contribution in [0.4, 0.5) is 4.39 Å². The van der Waals surface area contributed by atoms with Crippen LogP contribution in [0.3, 0.4) is 0 Å². The highest BCUT2D eigenvalue weighted by atomic mass is 35.5. The minimum atomic E-state index is -1.06. The van der Waals surface area contributed by atoms with Crippen LogP contribution >= 0.6 is 11.6 Å². The molecule has 0 bridgehead atoms. The topological polar surface area (TPSA) is 89.3 Å². The number of halogens is 2. The van der Waals surface area contributed by atoms with Gasteiger partial charge in [0.2, 0.25) is 5.95 Å². The summed E-state index contributed by atoms with van der Waals surface area (Å²) in [6.07, 6.45) is 2.45. The Bertz CT molecular complexity index is 1330. The molecule has 0 amide bonds. The molecule has 0 fully saturated rings. The van der Waals surface area contributed by atoms with Crippen molar-refractivity contribution in [3.63, 3.8) is 0 Å². The quantitative estimate of drug-likeness (QED) is 0.478. The third kappa shape index (κ3) is 5.39. The molecule has 0 unspecified atom stereocenters. The molecule has 0 aromatic carbocycles.